The number of phosphoric acid groups is 1. The molecule has 0 fully saturated rings. The Labute approximate surface area is 353 Å². The summed E-state index contributed by atoms with van der Waals surface area (Å²) >= 11 is 0. The lowest BCUT2D eigenvalue weighted by Gasteiger charge is -2.20. The summed E-state index contributed by atoms with van der Waals surface area (Å²) in [5.41, 5.74) is 0. The van der Waals surface area contributed by atoms with Crippen molar-refractivity contribution in [2.24, 2.45) is 5.92 Å². The summed E-state index contributed by atoms with van der Waals surface area (Å²) in [7, 11) is -4.67. The van der Waals surface area contributed by atoms with E-state index in [0.29, 0.717) is 19.3 Å². The number of aliphatic hydroxyl groups excluding tert-OH is 3. The lowest BCUT2D eigenvalue weighted by Crippen LogP contribution is -2.30. The molecule has 2 unspecified atom stereocenters. The highest BCUT2D eigenvalue weighted by Crippen LogP contribution is 2.43. The van der Waals surface area contributed by atoms with E-state index in [1.54, 1.807) is 12.2 Å². The zero-order chi connectivity index (χ0) is 43.0. The monoisotopic (exact) mass is 845 g/mol. The van der Waals surface area contributed by atoms with Gasteiger partial charge in [-0.1, -0.05) is 179 Å². The van der Waals surface area contributed by atoms with E-state index >= 15 is 0 Å². The zero-order valence-corrected chi connectivity index (χ0v) is 37.7. The maximum atomic E-state index is 12.6. The first-order valence-corrected chi connectivity index (χ1v) is 24.4. The van der Waals surface area contributed by atoms with E-state index in [1.165, 1.54) is 109 Å². The molecule has 0 saturated heterocycles. The second-order valence-electron chi connectivity index (χ2n) is 16.1. The Kier molecular flexibility index (Phi) is 39.3. The first-order chi connectivity index (χ1) is 28.0. The molecule has 12 heteroatoms. The predicted molar refractivity (Wildman–Crippen MR) is 234 cm³/mol. The van der Waals surface area contributed by atoms with Gasteiger partial charge in [0, 0.05) is 12.8 Å². The van der Waals surface area contributed by atoms with Gasteiger partial charge in [-0.3, -0.25) is 18.6 Å². The summed E-state index contributed by atoms with van der Waals surface area (Å²) in [5.74, 6) is -0.301. The molecule has 0 aromatic rings. The molecule has 0 aliphatic heterocycles. The van der Waals surface area contributed by atoms with Gasteiger partial charge in [0.1, 0.15) is 12.7 Å². The molecule has 0 aliphatic carbocycles. The molecule has 4 N–H and O–H groups in total. The van der Waals surface area contributed by atoms with E-state index in [4.69, 9.17) is 19.1 Å². The first kappa shape index (κ1) is 56.1. The van der Waals surface area contributed by atoms with Crippen LogP contribution < -0.4 is 0 Å². The van der Waals surface area contributed by atoms with Crippen LogP contribution in [0.5, 0.6) is 0 Å². The highest BCUT2D eigenvalue weighted by Gasteiger charge is 2.27. The number of ether oxygens (including phenoxy) is 2. The van der Waals surface area contributed by atoms with Crippen molar-refractivity contribution in [3.05, 3.63) is 36.5 Å². The van der Waals surface area contributed by atoms with Crippen molar-refractivity contribution in [2.45, 2.75) is 212 Å². The average molecular weight is 845 g/mol. The number of aliphatic hydroxyl groups is 3. The van der Waals surface area contributed by atoms with Gasteiger partial charge in [0.2, 0.25) is 0 Å². The van der Waals surface area contributed by atoms with E-state index in [-0.39, 0.29) is 19.4 Å². The Morgan fingerprint density at radius 2 is 1.17 bits per heavy atom. The van der Waals surface area contributed by atoms with Crippen LogP contribution >= 0.6 is 7.82 Å². The fourth-order valence-electron chi connectivity index (χ4n) is 6.25. The Hall–Kier alpha value is -1.85. The van der Waals surface area contributed by atoms with Gasteiger partial charge in [-0.25, -0.2) is 4.57 Å². The fraction of sp³-hybridized carbons (Fsp3) is 0.826. The van der Waals surface area contributed by atoms with Gasteiger partial charge in [0.15, 0.2) is 6.10 Å². The van der Waals surface area contributed by atoms with Gasteiger partial charge >= 0.3 is 19.8 Å². The minimum absolute atomic E-state index is 0.0385. The van der Waals surface area contributed by atoms with Gasteiger partial charge in [0.25, 0.3) is 0 Å². The van der Waals surface area contributed by atoms with Crippen LogP contribution in [0.15, 0.2) is 36.5 Å². The quantitative estimate of drug-likeness (QED) is 0.0152. The van der Waals surface area contributed by atoms with Crippen molar-refractivity contribution in [1.29, 1.82) is 0 Å². The third-order valence-corrected chi connectivity index (χ3v) is 10.8. The van der Waals surface area contributed by atoms with Gasteiger partial charge in [-0.15, -0.1) is 0 Å². The van der Waals surface area contributed by atoms with Crippen molar-refractivity contribution in [3.63, 3.8) is 0 Å². The number of hydrogen-bond donors (Lipinski definition) is 4. The lowest BCUT2D eigenvalue weighted by molar-refractivity contribution is -0.161. The van der Waals surface area contributed by atoms with Crippen molar-refractivity contribution in [2.75, 3.05) is 26.4 Å². The molecule has 0 amide bonds. The molecule has 0 aromatic heterocycles. The average Bonchev–Trinajstić information content (AvgIpc) is 3.19. The van der Waals surface area contributed by atoms with Crippen LogP contribution in [0.3, 0.4) is 0 Å². The number of rotatable bonds is 42. The number of phosphoric ester groups is 1. The predicted octanol–water partition coefficient (Wildman–Crippen LogP) is 11.2. The van der Waals surface area contributed by atoms with E-state index in [0.717, 1.165) is 38.0 Å². The van der Waals surface area contributed by atoms with Crippen molar-refractivity contribution < 1.29 is 52.9 Å². The molecule has 0 radical (unpaired) electrons. The maximum Gasteiger partial charge on any atom is 0.472 e. The van der Waals surface area contributed by atoms with Crippen LogP contribution in [-0.2, 0) is 32.7 Å². The normalized spacial score (nSPS) is 14.8. The van der Waals surface area contributed by atoms with E-state index in [9.17, 15) is 29.3 Å². The van der Waals surface area contributed by atoms with Crippen LogP contribution in [0.4, 0.5) is 0 Å². The van der Waals surface area contributed by atoms with E-state index < -0.39 is 57.9 Å². The smallest absolute Gasteiger partial charge is 0.462 e. The molecule has 0 saturated carbocycles. The molecule has 0 spiro atoms. The van der Waals surface area contributed by atoms with Crippen molar-refractivity contribution >= 4 is 19.8 Å². The molecule has 0 aliphatic rings. The van der Waals surface area contributed by atoms with Gasteiger partial charge < -0.3 is 29.7 Å². The van der Waals surface area contributed by atoms with Crippen LogP contribution in [-0.4, -0.2) is 76.9 Å². The number of carbonyl (C=O) groups is 2. The van der Waals surface area contributed by atoms with Crippen molar-refractivity contribution in [1.82, 2.24) is 0 Å². The SMILES string of the molecule is CCCCCCCC/C=C/C/C=C/C=C/C(O)CCCC(=O)O[C@H](COC(=O)CCCCCCCCCCCCCCCCC(C)C)COP(=O)(O)OC[C@@H](O)CO. The molecular weight excluding hydrogens is 759 g/mol. The number of hydrogen-bond acceptors (Lipinski definition) is 10. The fourth-order valence-corrected chi connectivity index (χ4v) is 7.04. The molecule has 0 rings (SSSR count). The van der Waals surface area contributed by atoms with E-state index in [1.807, 2.05) is 12.2 Å². The third-order valence-electron chi connectivity index (χ3n) is 9.83. The largest absolute Gasteiger partial charge is 0.472 e. The van der Waals surface area contributed by atoms with Crippen LogP contribution in [0, 0.1) is 5.92 Å². The minimum atomic E-state index is -4.67. The summed E-state index contributed by atoms with van der Waals surface area (Å²) < 4.78 is 32.6. The van der Waals surface area contributed by atoms with Crippen molar-refractivity contribution in [3.8, 4) is 0 Å². The molecule has 11 nitrogen and oxygen atoms in total. The maximum absolute atomic E-state index is 12.6. The summed E-state index contributed by atoms with van der Waals surface area (Å²) in [4.78, 5) is 35.0. The Bertz CT molecular complexity index is 1090. The molecule has 0 bridgehead atoms. The number of carbonyl (C=O) groups excluding carboxylic acids is 2. The summed E-state index contributed by atoms with van der Waals surface area (Å²) in [5, 5.41) is 28.6. The molecule has 0 aromatic carbocycles. The second-order valence-corrected chi connectivity index (χ2v) is 17.6. The summed E-state index contributed by atoms with van der Waals surface area (Å²) in [6.07, 6.45) is 37.1. The molecule has 58 heavy (non-hydrogen) atoms. The number of allylic oxidation sites excluding steroid dienone is 5. The second kappa shape index (κ2) is 40.6. The Morgan fingerprint density at radius 3 is 1.78 bits per heavy atom. The molecule has 340 valence electrons. The standard InChI is InChI=1S/C46H85O11P/c1-4-5-6-7-8-9-10-13-17-20-23-26-29-33-42(48)34-31-36-46(51)57-44(40-56-58(52,53)55-38-43(49)37-47)39-54-45(50)35-30-27-24-21-18-15-12-11-14-16-19-22-25-28-32-41(2)3/h13,17,23,26,29,33,41-44,47-49H,4-12,14-16,18-22,24-25,27-28,30-32,34-40H2,1-3H3,(H,52,53)/b17-13+,26-23+,33-29+/t42?,43-,44+/m0/s1. The number of esters is 2. The Morgan fingerprint density at radius 1 is 0.621 bits per heavy atom. The molecule has 0 heterocycles. The lowest BCUT2D eigenvalue weighted by atomic mass is 10.0. The number of unbranched alkanes of at least 4 members (excludes halogenated alkanes) is 19. The Balaban J connectivity index is 4.43. The van der Waals surface area contributed by atoms with Gasteiger partial charge in [0.05, 0.1) is 25.9 Å². The zero-order valence-electron chi connectivity index (χ0n) is 36.8. The van der Waals surface area contributed by atoms with Gasteiger partial charge in [-0.05, 0) is 44.4 Å². The summed E-state index contributed by atoms with van der Waals surface area (Å²) in [6, 6.07) is 0. The van der Waals surface area contributed by atoms with E-state index in [2.05, 4.69) is 37.4 Å². The third kappa shape index (κ3) is 40.9. The molecular formula is C46H85O11P. The minimum Gasteiger partial charge on any atom is -0.462 e. The van der Waals surface area contributed by atoms with Crippen LogP contribution in [0.1, 0.15) is 194 Å². The van der Waals surface area contributed by atoms with Gasteiger partial charge in [-0.2, -0.15) is 0 Å². The highest BCUT2D eigenvalue weighted by molar-refractivity contribution is 7.47. The van der Waals surface area contributed by atoms with Crippen LogP contribution in [0.2, 0.25) is 0 Å². The topological polar surface area (TPSA) is 169 Å². The summed E-state index contributed by atoms with van der Waals surface area (Å²) in [6.45, 7) is 4.51. The van der Waals surface area contributed by atoms with Crippen LogP contribution in [0.25, 0.3) is 0 Å². The first-order valence-electron chi connectivity index (χ1n) is 22.9. The molecule has 4 atom stereocenters. The highest BCUT2D eigenvalue weighted by atomic mass is 31.2.